The van der Waals surface area contributed by atoms with E-state index in [-0.39, 0.29) is 0 Å². The molecule has 3 heteroatoms. The summed E-state index contributed by atoms with van der Waals surface area (Å²) in [5, 5.41) is 4.86. The lowest BCUT2D eigenvalue weighted by Gasteiger charge is -2.36. The molecule has 0 atom stereocenters. The van der Waals surface area contributed by atoms with Crippen molar-refractivity contribution in [1.29, 1.82) is 0 Å². The molecule has 2 rings (SSSR count). The molecule has 0 saturated heterocycles. The van der Waals surface area contributed by atoms with Crippen molar-refractivity contribution >= 4 is 23.2 Å². The molecule has 0 aliphatic heterocycles. The van der Waals surface area contributed by atoms with Gasteiger partial charge < -0.3 is 5.32 Å². The Labute approximate surface area is 106 Å². The molecule has 0 radical (unpaired) electrons. The SMILES string of the molecule is C=C(Cl)CNC1CC(c2cccc(Cl)c2)C1. The molecule has 1 saturated carbocycles. The van der Waals surface area contributed by atoms with Crippen LogP contribution in [0.4, 0.5) is 0 Å². The number of hydrogen-bond donors (Lipinski definition) is 1. The van der Waals surface area contributed by atoms with Crippen molar-refractivity contribution in [3.8, 4) is 0 Å². The van der Waals surface area contributed by atoms with Crippen LogP contribution in [0.1, 0.15) is 24.3 Å². The highest BCUT2D eigenvalue weighted by Crippen LogP contribution is 2.37. The second kappa shape index (κ2) is 5.22. The van der Waals surface area contributed by atoms with Gasteiger partial charge in [0.15, 0.2) is 0 Å². The van der Waals surface area contributed by atoms with Crippen LogP contribution in [0.2, 0.25) is 5.02 Å². The van der Waals surface area contributed by atoms with Gasteiger partial charge in [-0.15, -0.1) is 0 Å². The van der Waals surface area contributed by atoms with Crippen LogP contribution < -0.4 is 5.32 Å². The van der Waals surface area contributed by atoms with Gasteiger partial charge in [0.2, 0.25) is 0 Å². The third kappa shape index (κ3) is 3.00. The van der Waals surface area contributed by atoms with Crippen molar-refractivity contribution in [2.45, 2.75) is 24.8 Å². The zero-order valence-electron chi connectivity index (χ0n) is 9.05. The Bertz CT molecular complexity index is 383. The topological polar surface area (TPSA) is 12.0 Å². The van der Waals surface area contributed by atoms with E-state index in [1.165, 1.54) is 5.56 Å². The Morgan fingerprint density at radius 3 is 2.81 bits per heavy atom. The van der Waals surface area contributed by atoms with Crippen LogP contribution in [-0.2, 0) is 0 Å². The van der Waals surface area contributed by atoms with Crippen LogP contribution in [-0.4, -0.2) is 12.6 Å². The van der Waals surface area contributed by atoms with Crippen molar-refractivity contribution in [1.82, 2.24) is 5.32 Å². The number of hydrogen-bond acceptors (Lipinski definition) is 1. The average Bonchev–Trinajstić information content (AvgIpc) is 2.14. The normalized spacial score (nSPS) is 23.9. The van der Waals surface area contributed by atoms with E-state index < -0.39 is 0 Å². The van der Waals surface area contributed by atoms with Crippen molar-refractivity contribution in [3.63, 3.8) is 0 Å². The van der Waals surface area contributed by atoms with Crippen molar-refractivity contribution in [2.24, 2.45) is 0 Å². The van der Waals surface area contributed by atoms with E-state index in [1.807, 2.05) is 12.1 Å². The maximum atomic E-state index is 5.96. The molecule has 1 aromatic carbocycles. The zero-order valence-corrected chi connectivity index (χ0v) is 10.6. The lowest BCUT2D eigenvalue weighted by Crippen LogP contribution is -2.40. The zero-order chi connectivity index (χ0) is 11.5. The van der Waals surface area contributed by atoms with Crippen LogP contribution in [0, 0.1) is 0 Å². The highest BCUT2D eigenvalue weighted by molar-refractivity contribution is 6.30. The second-order valence-corrected chi connectivity index (χ2v) is 5.29. The van der Waals surface area contributed by atoms with E-state index >= 15 is 0 Å². The van der Waals surface area contributed by atoms with Gasteiger partial charge in [0, 0.05) is 22.6 Å². The fraction of sp³-hybridized carbons (Fsp3) is 0.385. The van der Waals surface area contributed by atoms with Gasteiger partial charge in [0.05, 0.1) is 0 Å². The summed E-state index contributed by atoms with van der Waals surface area (Å²) in [6.45, 7) is 4.36. The first-order valence-electron chi connectivity index (χ1n) is 5.47. The third-order valence-corrected chi connectivity index (χ3v) is 3.41. The highest BCUT2D eigenvalue weighted by atomic mass is 35.5. The molecule has 1 aliphatic carbocycles. The van der Waals surface area contributed by atoms with Crippen molar-refractivity contribution in [2.75, 3.05) is 6.54 Å². The van der Waals surface area contributed by atoms with Crippen molar-refractivity contribution < 1.29 is 0 Å². The Balaban J connectivity index is 1.82. The van der Waals surface area contributed by atoms with Gasteiger partial charge in [0.25, 0.3) is 0 Å². The number of nitrogens with one attached hydrogen (secondary N) is 1. The molecular formula is C13H15Cl2N. The van der Waals surface area contributed by atoms with Gasteiger partial charge in [0.1, 0.15) is 0 Å². The Kier molecular flexibility index (Phi) is 3.91. The second-order valence-electron chi connectivity index (χ2n) is 4.32. The fourth-order valence-corrected chi connectivity index (χ4v) is 2.35. The highest BCUT2D eigenvalue weighted by Gasteiger charge is 2.29. The number of benzene rings is 1. The van der Waals surface area contributed by atoms with E-state index in [0.717, 1.165) is 17.9 Å². The Morgan fingerprint density at radius 2 is 2.19 bits per heavy atom. The van der Waals surface area contributed by atoms with Crippen LogP contribution in [0.15, 0.2) is 35.9 Å². The maximum Gasteiger partial charge on any atom is 0.0408 e. The monoisotopic (exact) mass is 255 g/mol. The van der Waals surface area contributed by atoms with E-state index in [0.29, 0.717) is 23.5 Å². The van der Waals surface area contributed by atoms with Crippen LogP contribution in [0.25, 0.3) is 0 Å². The Hall–Kier alpha value is -0.500. The van der Waals surface area contributed by atoms with Gasteiger partial charge in [-0.3, -0.25) is 0 Å². The molecule has 1 fully saturated rings. The average molecular weight is 256 g/mol. The molecule has 1 nitrogen and oxygen atoms in total. The number of rotatable bonds is 4. The number of halogens is 2. The summed E-state index contributed by atoms with van der Waals surface area (Å²) in [4.78, 5) is 0. The van der Waals surface area contributed by atoms with Gasteiger partial charge in [-0.05, 0) is 36.5 Å². The quantitative estimate of drug-likeness (QED) is 0.860. The van der Waals surface area contributed by atoms with E-state index in [9.17, 15) is 0 Å². The molecule has 0 bridgehead atoms. The minimum Gasteiger partial charge on any atom is -0.309 e. The molecule has 0 aromatic heterocycles. The molecule has 1 N–H and O–H groups in total. The summed E-state index contributed by atoms with van der Waals surface area (Å²) in [6.07, 6.45) is 2.31. The molecule has 1 aromatic rings. The molecule has 86 valence electrons. The predicted molar refractivity (Wildman–Crippen MR) is 70.2 cm³/mol. The summed E-state index contributed by atoms with van der Waals surface area (Å²) in [5.74, 6) is 0.639. The van der Waals surface area contributed by atoms with Gasteiger partial charge >= 0.3 is 0 Å². The molecule has 0 spiro atoms. The van der Waals surface area contributed by atoms with Crippen LogP contribution in [0.3, 0.4) is 0 Å². The first-order chi connectivity index (χ1) is 7.65. The lowest BCUT2D eigenvalue weighted by atomic mass is 9.76. The van der Waals surface area contributed by atoms with E-state index in [4.69, 9.17) is 23.2 Å². The van der Waals surface area contributed by atoms with E-state index in [2.05, 4.69) is 24.0 Å². The summed E-state index contributed by atoms with van der Waals surface area (Å²) < 4.78 is 0. The van der Waals surface area contributed by atoms with Crippen LogP contribution in [0.5, 0.6) is 0 Å². The molecule has 0 heterocycles. The summed E-state index contributed by atoms with van der Waals surface area (Å²) in [7, 11) is 0. The minimum atomic E-state index is 0.569. The smallest absolute Gasteiger partial charge is 0.0408 e. The van der Waals surface area contributed by atoms with Gasteiger partial charge in [-0.25, -0.2) is 0 Å². The third-order valence-electron chi connectivity index (χ3n) is 3.04. The first kappa shape index (κ1) is 12.0. The van der Waals surface area contributed by atoms with Crippen LogP contribution >= 0.6 is 23.2 Å². The van der Waals surface area contributed by atoms with Gasteiger partial charge in [-0.1, -0.05) is 41.9 Å². The molecule has 16 heavy (non-hydrogen) atoms. The summed E-state index contributed by atoms with van der Waals surface area (Å²) in [5.41, 5.74) is 1.34. The largest absolute Gasteiger partial charge is 0.309 e. The standard InChI is InChI=1S/C13H15Cl2N/c1-9(14)8-16-13-6-11(7-13)10-3-2-4-12(15)5-10/h2-5,11,13,16H,1,6-8H2. The maximum absolute atomic E-state index is 5.96. The first-order valence-corrected chi connectivity index (χ1v) is 6.23. The minimum absolute atomic E-state index is 0.569. The fourth-order valence-electron chi connectivity index (χ4n) is 2.07. The van der Waals surface area contributed by atoms with E-state index in [1.54, 1.807) is 0 Å². The summed E-state index contributed by atoms with van der Waals surface area (Å²) in [6, 6.07) is 8.70. The lowest BCUT2D eigenvalue weighted by molar-refractivity contribution is 0.299. The van der Waals surface area contributed by atoms with Crippen molar-refractivity contribution in [3.05, 3.63) is 46.5 Å². The molecule has 1 aliphatic rings. The molecule has 0 amide bonds. The molecular weight excluding hydrogens is 241 g/mol. The predicted octanol–water partition coefficient (Wildman–Crippen LogP) is 3.93. The summed E-state index contributed by atoms with van der Waals surface area (Å²) >= 11 is 11.7. The van der Waals surface area contributed by atoms with Gasteiger partial charge in [-0.2, -0.15) is 0 Å². The Morgan fingerprint density at radius 1 is 1.44 bits per heavy atom. The molecule has 0 unspecified atom stereocenters.